The van der Waals surface area contributed by atoms with Gasteiger partial charge in [0.2, 0.25) is 0 Å². The fraction of sp³-hybridized carbons (Fsp3) is 0.200. The van der Waals surface area contributed by atoms with Crippen LogP contribution in [0.5, 0.6) is 0 Å². The Morgan fingerprint density at radius 1 is 1.25 bits per heavy atom. The van der Waals surface area contributed by atoms with Gasteiger partial charge >= 0.3 is 5.97 Å². The average Bonchev–Trinajstić information content (AvgIpc) is 2.10. The Balaban J connectivity index is 3.44. The van der Waals surface area contributed by atoms with Crippen LogP contribution in [0.1, 0.15) is 22.8 Å². The molecule has 1 N–H and O–H groups in total. The molecule has 6 heteroatoms. The van der Waals surface area contributed by atoms with Crippen molar-refractivity contribution in [1.29, 1.82) is 0 Å². The first kappa shape index (κ1) is 14.6. The number of ketones is 1. The third-order valence-corrected chi connectivity index (χ3v) is 4.91. The van der Waals surface area contributed by atoms with Gasteiger partial charge in [-0.3, -0.25) is 4.79 Å². The van der Waals surface area contributed by atoms with E-state index in [-0.39, 0.29) is 17.8 Å². The molecule has 0 aliphatic heterocycles. The van der Waals surface area contributed by atoms with Gasteiger partial charge in [-0.15, -0.1) is 0 Å². The predicted molar refractivity (Wildman–Crippen MR) is 85.9 cm³/mol. The molecule has 0 saturated carbocycles. The number of benzene rings is 1. The van der Waals surface area contributed by atoms with Gasteiger partial charge in [-0.2, -0.15) is 0 Å². The van der Waals surface area contributed by atoms with E-state index in [2.05, 4.69) is 22.6 Å². The first-order valence-electron chi connectivity index (χ1n) is 4.23. The Hall–Kier alpha value is 0.550. The molecule has 86 valence electrons. The number of carboxylic acid groups (broad SMARTS) is 1. The summed E-state index contributed by atoms with van der Waals surface area (Å²) in [5.74, 6) is -0.914. The lowest BCUT2D eigenvalue weighted by molar-refractivity contribution is -0.116. The first-order valence-corrected chi connectivity index (χ1v) is 7.47. The summed E-state index contributed by atoms with van der Waals surface area (Å²) in [5.41, 5.74) is 1.10. The van der Waals surface area contributed by atoms with Gasteiger partial charge in [0.05, 0.1) is 5.56 Å². The molecule has 0 atom stereocenters. The van der Waals surface area contributed by atoms with Gasteiger partial charge in [0.15, 0.2) is 0 Å². The molecule has 0 aromatic heterocycles. The highest BCUT2D eigenvalue weighted by atomic mass is 127. The van der Waals surface area contributed by atoms with Crippen LogP contribution >= 0.6 is 67.8 Å². The minimum Gasteiger partial charge on any atom is -0.478 e. The number of carbonyl (C=O) groups excluding carboxylic acids is 1. The van der Waals surface area contributed by atoms with Gasteiger partial charge < -0.3 is 5.11 Å². The summed E-state index contributed by atoms with van der Waals surface area (Å²) in [5, 5.41) is 9.10. The molecule has 0 bridgehead atoms. The summed E-state index contributed by atoms with van der Waals surface area (Å²) in [6, 6.07) is 1.80. The Labute approximate surface area is 134 Å². The molecular weight excluding hydrogens is 549 g/mol. The standard InChI is InChI=1S/C10H7I3O3/c1-4(14)2-5-6(11)3-7(12)8(9(5)13)10(15)16/h3H,2H2,1H3,(H,15,16). The number of hydrogen-bond acceptors (Lipinski definition) is 2. The molecule has 0 aliphatic rings. The SMILES string of the molecule is CC(=O)Cc1c(I)cc(I)c(C(=O)O)c1I. The quantitative estimate of drug-likeness (QED) is 0.583. The predicted octanol–water partition coefficient (Wildman–Crippen LogP) is 3.33. The van der Waals surface area contributed by atoms with Gasteiger partial charge in [0.25, 0.3) is 0 Å². The van der Waals surface area contributed by atoms with Crippen LogP contribution in [0.3, 0.4) is 0 Å². The molecule has 0 fully saturated rings. The highest BCUT2D eigenvalue weighted by Crippen LogP contribution is 2.28. The molecule has 0 aliphatic carbocycles. The van der Waals surface area contributed by atoms with E-state index in [1.807, 2.05) is 45.2 Å². The normalized spacial score (nSPS) is 10.2. The molecule has 0 spiro atoms. The largest absolute Gasteiger partial charge is 0.478 e. The van der Waals surface area contributed by atoms with Crippen molar-refractivity contribution >= 4 is 79.5 Å². The fourth-order valence-corrected chi connectivity index (χ4v) is 5.45. The Morgan fingerprint density at radius 3 is 2.25 bits per heavy atom. The van der Waals surface area contributed by atoms with Crippen molar-refractivity contribution in [2.75, 3.05) is 0 Å². The molecule has 1 aromatic carbocycles. The van der Waals surface area contributed by atoms with Gasteiger partial charge in [-0.05, 0) is 86.3 Å². The summed E-state index contributed by atoms with van der Waals surface area (Å²) in [4.78, 5) is 22.2. The lowest BCUT2D eigenvalue weighted by Gasteiger charge is -2.10. The third kappa shape index (κ3) is 3.28. The van der Waals surface area contributed by atoms with Crippen molar-refractivity contribution in [2.24, 2.45) is 0 Å². The number of carbonyl (C=O) groups is 2. The highest BCUT2D eigenvalue weighted by molar-refractivity contribution is 14.1. The van der Waals surface area contributed by atoms with E-state index < -0.39 is 5.97 Å². The molecule has 1 aromatic rings. The maximum Gasteiger partial charge on any atom is 0.337 e. The van der Waals surface area contributed by atoms with Crippen LogP contribution < -0.4 is 0 Å². The highest BCUT2D eigenvalue weighted by Gasteiger charge is 2.19. The molecule has 0 amide bonds. The minimum absolute atomic E-state index is 0.0355. The van der Waals surface area contributed by atoms with Crippen LogP contribution in [0.4, 0.5) is 0 Å². The van der Waals surface area contributed by atoms with E-state index >= 15 is 0 Å². The lowest BCUT2D eigenvalue weighted by Crippen LogP contribution is -2.10. The van der Waals surface area contributed by atoms with Gasteiger partial charge in [0, 0.05) is 17.1 Å². The maximum atomic E-state index is 11.1. The zero-order valence-corrected chi connectivity index (χ0v) is 14.7. The van der Waals surface area contributed by atoms with E-state index in [4.69, 9.17) is 5.11 Å². The second kappa shape index (κ2) is 5.94. The molecule has 0 heterocycles. The van der Waals surface area contributed by atoms with E-state index in [1.165, 1.54) is 6.92 Å². The summed E-state index contributed by atoms with van der Waals surface area (Å²) in [6.45, 7) is 1.50. The monoisotopic (exact) mass is 556 g/mol. The Bertz CT molecular complexity index is 469. The van der Waals surface area contributed by atoms with Gasteiger partial charge in [-0.25, -0.2) is 4.79 Å². The van der Waals surface area contributed by atoms with Gasteiger partial charge in [0.1, 0.15) is 5.78 Å². The second-order valence-electron chi connectivity index (χ2n) is 3.19. The van der Waals surface area contributed by atoms with Crippen molar-refractivity contribution in [3.8, 4) is 0 Å². The lowest BCUT2D eigenvalue weighted by atomic mass is 10.1. The molecule has 1 rings (SSSR count). The molecular formula is C10H7I3O3. The Kier molecular flexibility index (Phi) is 5.42. The summed E-state index contributed by atoms with van der Waals surface area (Å²) in [6.07, 6.45) is 0.285. The van der Waals surface area contributed by atoms with Crippen LogP contribution in [-0.4, -0.2) is 16.9 Å². The second-order valence-corrected chi connectivity index (χ2v) is 6.59. The van der Waals surface area contributed by atoms with Crippen molar-refractivity contribution in [2.45, 2.75) is 13.3 Å². The summed E-state index contributed by atoms with van der Waals surface area (Å²) in [7, 11) is 0. The molecule has 0 radical (unpaired) electrons. The molecule has 0 unspecified atom stereocenters. The van der Waals surface area contributed by atoms with Crippen molar-refractivity contribution in [3.63, 3.8) is 0 Å². The fourth-order valence-electron chi connectivity index (χ4n) is 1.24. The number of carboxylic acids is 1. The number of Topliss-reactive ketones (excluding diaryl/α,β-unsaturated/α-hetero) is 1. The van der Waals surface area contributed by atoms with Gasteiger partial charge in [-0.1, -0.05) is 0 Å². The minimum atomic E-state index is -0.949. The average molecular weight is 556 g/mol. The summed E-state index contributed by atoms with van der Waals surface area (Å²) >= 11 is 6.13. The number of aromatic carboxylic acids is 1. The Morgan fingerprint density at radius 2 is 1.81 bits per heavy atom. The van der Waals surface area contributed by atoms with E-state index in [9.17, 15) is 9.59 Å². The molecule has 3 nitrogen and oxygen atoms in total. The van der Waals surface area contributed by atoms with Crippen LogP contribution in [0.15, 0.2) is 6.07 Å². The topological polar surface area (TPSA) is 54.4 Å². The molecule has 0 saturated heterocycles. The zero-order valence-electron chi connectivity index (χ0n) is 8.18. The van der Waals surface area contributed by atoms with E-state index in [0.717, 1.165) is 9.13 Å². The third-order valence-electron chi connectivity index (χ3n) is 1.90. The first-order chi connectivity index (χ1) is 7.34. The van der Waals surface area contributed by atoms with Crippen LogP contribution in [0, 0.1) is 10.7 Å². The van der Waals surface area contributed by atoms with Crippen LogP contribution in [-0.2, 0) is 11.2 Å². The number of halogens is 3. The summed E-state index contributed by atoms with van der Waals surface area (Å²) < 4.78 is 2.30. The van der Waals surface area contributed by atoms with E-state index in [0.29, 0.717) is 7.14 Å². The zero-order chi connectivity index (χ0) is 12.5. The number of hydrogen-bond donors (Lipinski definition) is 1. The van der Waals surface area contributed by atoms with E-state index in [1.54, 1.807) is 6.07 Å². The molecule has 16 heavy (non-hydrogen) atoms. The number of rotatable bonds is 3. The van der Waals surface area contributed by atoms with Crippen LogP contribution in [0.25, 0.3) is 0 Å². The smallest absolute Gasteiger partial charge is 0.337 e. The maximum absolute atomic E-state index is 11.1. The van der Waals surface area contributed by atoms with Crippen molar-refractivity contribution in [3.05, 3.63) is 27.9 Å². The van der Waals surface area contributed by atoms with Crippen molar-refractivity contribution in [1.82, 2.24) is 0 Å². The van der Waals surface area contributed by atoms with Crippen LogP contribution in [0.2, 0.25) is 0 Å². The van der Waals surface area contributed by atoms with Crippen molar-refractivity contribution < 1.29 is 14.7 Å².